The molecule has 5 nitrogen and oxygen atoms in total. The fourth-order valence-electron chi connectivity index (χ4n) is 3.73. The van der Waals surface area contributed by atoms with Crippen molar-refractivity contribution < 1.29 is 4.79 Å². The van der Waals surface area contributed by atoms with Crippen LogP contribution in [-0.4, -0.2) is 38.7 Å². The second kappa shape index (κ2) is 6.58. The lowest BCUT2D eigenvalue weighted by Gasteiger charge is -2.32. The summed E-state index contributed by atoms with van der Waals surface area (Å²) in [5, 5.41) is 8.10. The molecule has 5 heteroatoms. The molecule has 0 aromatic carbocycles. The van der Waals surface area contributed by atoms with Crippen LogP contribution in [0.1, 0.15) is 50.8 Å². The number of hydrogen-bond acceptors (Lipinski definition) is 3. The van der Waals surface area contributed by atoms with E-state index < -0.39 is 0 Å². The summed E-state index contributed by atoms with van der Waals surface area (Å²) in [7, 11) is 2.00. The van der Waals surface area contributed by atoms with Crippen molar-refractivity contribution in [1.29, 1.82) is 0 Å². The maximum atomic E-state index is 12.3. The lowest BCUT2D eigenvalue weighted by Crippen LogP contribution is -2.39. The van der Waals surface area contributed by atoms with Gasteiger partial charge in [-0.1, -0.05) is 12.8 Å². The summed E-state index contributed by atoms with van der Waals surface area (Å²) < 4.78 is 2.00. The molecule has 0 unspecified atom stereocenters. The Labute approximate surface area is 126 Å². The molecule has 0 atom stereocenters. The Bertz CT molecular complexity index is 470. The van der Waals surface area contributed by atoms with Crippen LogP contribution in [0, 0.1) is 11.8 Å². The molecule has 1 aromatic heterocycles. The number of amides is 1. The molecule has 0 N–H and O–H groups in total. The maximum absolute atomic E-state index is 12.3. The molecule has 0 radical (unpaired) electrons. The van der Waals surface area contributed by atoms with Gasteiger partial charge in [0.1, 0.15) is 12.2 Å². The zero-order chi connectivity index (χ0) is 14.7. The molecule has 1 aromatic rings. The zero-order valence-electron chi connectivity index (χ0n) is 13.0. The molecular weight excluding hydrogens is 264 g/mol. The highest BCUT2D eigenvalue weighted by Crippen LogP contribution is 2.29. The Hall–Kier alpha value is -1.39. The van der Waals surface area contributed by atoms with E-state index in [9.17, 15) is 4.79 Å². The summed E-state index contributed by atoms with van der Waals surface area (Å²) >= 11 is 0. The van der Waals surface area contributed by atoms with Gasteiger partial charge in [0.15, 0.2) is 0 Å². The van der Waals surface area contributed by atoms with E-state index in [0.717, 1.165) is 44.6 Å². The van der Waals surface area contributed by atoms with Crippen LogP contribution in [0.15, 0.2) is 6.33 Å². The van der Waals surface area contributed by atoms with Crippen molar-refractivity contribution in [3.05, 3.63) is 12.2 Å². The van der Waals surface area contributed by atoms with Gasteiger partial charge in [-0.05, 0) is 37.5 Å². The fraction of sp³-hybridized carbons (Fsp3) is 0.812. The molecule has 116 valence electrons. The first kappa shape index (κ1) is 14.5. The summed E-state index contributed by atoms with van der Waals surface area (Å²) in [6.45, 7) is 1.85. The van der Waals surface area contributed by atoms with Gasteiger partial charge < -0.3 is 9.47 Å². The standard InChI is InChI=1S/C16H26N4O/c1-19-12-17-18-15(19)10-14-6-8-20(9-7-14)16(21)11-13-4-2-3-5-13/h12-14H,2-11H2,1H3. The van der Waals surface area contributed by atoms with Crippen molar-refractivity contribution in [3.8, 4) is 0 Å². The van der Waals surface area contributed by atoms with Gasteiger partial charge in [0, 0.05) is 33.0 Å². The third-order valence-electron chi connectivity index (χ3n) is 5.18. The van der Waals surface area contributed by atoms with Gasteiger partial charge in [0.25, 0.3) is 0 Å². The van der Waals surface area contributed by atoms with E-state index >= 15 is 0 Å². The van der Waals surface area contributed by atoms with Gasteiger partial charge in [-0.25, -0.2) is 0 Å². The normalized spacial score (nSPS) is 21.1. The van der Waals surface area contributed by atoms with Crippen LogP contribution in [0.4, 0.5) is 0 Å². The largest absolute Gasteiger partial charge is 0.343 e. The molecule has 2 aliphatic rings. The highest BCUT2D eigenvalue weighted by Gasteiger charge is 2.26. The number of aromatic nitrogens is 3. The summed E-state index contributed by atoms with van der Waals surface area (Å²) in [5.41, 5.74) is 0. The van der Waals surface area contributed by atoms with E-state index in [2.05, 4.69) is 15.1 Å². The predicted molar refractivity (Wildman–Crippen MR) is 80.6 cm³/mol. The first-order chi connectivity index (χ1) is 10.2. The number of likely N-dealkylation sites (tertiary alicyclic amines) is 1. The van der Waals surface area contributed by atoms with Crippen LogP contribution < -0.4 is 0 Å². The van der Waals surface area contributed by atoms with Crippen molar-refractivity contribution in [3.63, 3.8) is 0 Å². The molecule has 3 rings (SSSR count). The smallest absolute Gasteiger partial charge is 0.222 e. The van der Waals surface area contributed by atoms with Crippen LogP contribution in [0.2, 0.25) is 0 Å². The number of piperidine rings is 1. The van der Waals surface area contributed by atoms with Crippen LogP contribution in [0.25, 0.3) is 0 Å². The Kier molecular flexibility index (Phi) is 4.56. The average Bonchev–Trinajstić information content (AvgIpc) is 3.12. The molecule has 0 spiro atoms. The van der Waals surface area contributed by atoms with E-state index in [-0.39, 0.29) is 0 Å². The van der Waals surface area contributed by atoms with Gasteiger partial charge in [-0.3, -0.25) is 4.79 Å². The fourth-order valence-corrected chi connectivity index (χ4v) is 3.73. The second-order valence-electron chi connectivity index (χ2n) is 6.74. The van der Waals surface area contributed by atoms with Crippen molar-refractivity contribution in [1.82, 2.24) is 19.7 Å². The molecule has 1 aliphatic carbocycles. The monoisotopic (exact) mass is 290 g/mol. The minimum atomic E-state index is 0.388. The SMILES string of the molecule is Cn1cnnc1CC1CCN(C(=O)CC2CCCC2)CC1. The van der Waals surface area contributed by atoms with Gasteiger partial charge in [-0.2, -0.15) is 0 Å². The highest BCUT2D eigenvalue weighted by molar-refractivity contribution is 5.76. The first-order valence-corrected chi connectivity index (χ1v) is 8.33. The number of aryl methyl sites for hydroxylation is 1. The average molecular weight is 290 g/mol. The molecule has 1 saturated carbocycles. The van der Waals surface area contributed by atoms with E-state index in [0.29, 0.717) is 17.7 Å². The highest BCUT2D eigenvalue weighted by atomic mass is 16.2. The van der Waals surface area contributed by atoms with Crippen molar-refractivity contribution in [2.75, 3.05) is 13.1 Å². The number of rotatable bonds is 4. The van der Waals surface area contributed by atoms with Crippen LogP contribution in [0.5, 0.6) is 0 Å². The Balaban J connectivity index is 1.44. The molecule has 2 fully saturated rings. The van der Waals surface area contributed by atoms with Crippen molar-refractivity contribution >= 4 is 5.91 Å². The van der Waals surface area contributed by atoms with Gasteiger partial charge in [-0.15, -0.1) is 10.2 Å². The van der Waals surface area contributed by atoms with Gasteiger partial charge in [0.2, 0.25) is 5.91 Å². The third-order valence-corrected chi connectivity index (χ3v) is 5.18. The lowest BCUT2D eigenvalue weighted by atomic mass is 9.92. The minimum Gasteiger partial charge on any atom is -0.343 e. The molecular formula is C16H26N4O. The van der Waals surface area contributed by atoms with E-state index in [1.54, 1.807) is 6.33 Å². The predicted octanol–water partition coefficient (Wildman–Crippen LogP) is 2.18. The summed E-state index contributed by atoms with van der Waals surface area (Å²) in [4.78, 5) is 14.4. The summed E-state index contributed by atoms with van der Waals surface area (Å²) in [5.74, 6) is 2.75. The van der Waals surface area contributed by atoms with Gasteiger partial charge >= 0.3 is 0 Å². The Morgan fingerprint density at radius 1 is 1.19 bits per heavy atom. The molecule has 0 bridgehead atoms. The van der Waals surface area contributed by atoms with E-state index in [1.165, 1.54) is 25.7 Å². The van der Waals surface area contributed by atoms with Crippen molar-refractivity contribution in [2.24, 2.45) is 18.9 Å². The molecule has 1 saturated heterocycles. The topological polar surface area (TPSA) is 51.0 Å². The van der Waals surface area contributed by atoms with Gasteiger partial charge in [0.05, 0.1) is 0 Å². The van der Waals surface area contributed by atoms with E-state index in [1.807, 2.05) is 11.6 Å². The van der Waals surface area contributed by atoms with Crippen LogP contribution in [-0.2, 0) is 18.3 Å². The number of nitrogens with zero attached hydrogens (tertiary/aromatic N) is 4. The minimum absolute atomic E-state index is 0.388. The van der Waals surface area contributed by atoms with Crippen LogP contribution in [0.3, 0.4) is 0 Å². The molecule has 2 heterocycles. The number of hydrogen-bond donors (Lipinski definition) is 0. The third kappa shape index (κ3) is 3.63. The molecule has 21 heavy (non-hydrogen) atoms. The summed E-state index contributed by atoms with van der Waals surface area (Å²) in [6.07, 6.45) is 10.9. The molecule has 1 aliphatic heterocycles. The number of carbonyl (C=O) groups excluding carboxylic acids is 1. The first-order valence-electron chi connectivity index (χ1n) is 8.33. The quantitative estimate of drug-likeness (QED) is 0.854. The lowest BCUT2D eigenvalue weighted by molar-refractivity contribution is -0.133. The zero-order valence-corrected chi connectivity index (χ0v) is 13.0. The van der Waals surface area contributed by atoms with Crippen LogP contribution >= 0.6 is 0 Å². The van der Waals surface area contributed by atoms with Crippen molar-refractivity contribution in [2.45, 2.75) is 51.4 Å². The molecule has 1 amide bonds. The Morgan fingerprint density at radius 3 is 2.52 bits per heavy atom. The Morgan fingerprint density at radius 2 is 1.90 bits per heavy atom. The second-order valence-corrected chi connectivity index (χ2v) is 6.74. The summed E-state index contributed by atoms with van der Waals surface area (Å²) in [6, 6.07) is 0. The maximum Gasteiger partial charge on any atom is 0.222 e. The van der Waals surface area contributed by atoms with E-state index in [4.69, 9.17) is 0 Å². The number of carbonyl (C=O) groups is 1.